The summed E-state index contributed by atoms with van der Waals surface area (Å²) in [7, 11) is 1.99. The lowest BCUT2D eigenvalue weighted by Crippen LogP contribution is -2.28. The van der Waals surface area contributed by atoms with Gasteiger partial charge in [0.2, 0.25) is 0 Å². The van der Waals surface area contributed by atoms with Crippen LogP contribution in [0.3, 0.4) is 0 Å². The Morgan fingerprint density at radius 3 is 2.87 bits per heavy atom. The molecule has 0 aromatic carbocycles. The van der Waals surface area contributed by atoms with Gasteiger partial charge in [0.1, 0.15) is 5.82 Å². The maximum atomic E-state index is 4.61. The van der Waals surface area contributed by atoms with Crippen LogP contribution in [0.4, 0.5) is 0 Å². The van der Waals surface area contributed by atoms with Gasteiger partial charge in [-0.3, -0.25) is 4.68 Å². The van der Waals surface area contributed by atoms with E-state index in [-0.39, 0.29) is 0 Å². The van der Waals surface area contributed by atoms with E-state index < -0.39 is 0 Å². The first-order valence-corrected chi connectivity index (χ1v) is 5.84. The van der Waals surface area contributed by atoms with E-state index in [0.717, 1.165) is 24.6 Å². The molecule has 1 aliphatic carbocycles. The molecule has 1 unspecified atom stereocenters. The summed E-state index contributed by atoms with van der Waals surface area (Å²) >= 11 is 0. The van der Waals surface area contributed by atoms with Crippen LogP contribution in [0.25, 0.3) is 0 Å². The molecule has 0 saturated heterocycles. The Hall–Kier alpha value is -0.900. The standard InChI is InChI=1S/C11H20N4/c1-4-12-8(2)7-10-13-11(9-5-6-9)14-15(10)3/h8-9,12H,4-7H2,1-3H3. The topological polar surface area (TPSA) is 42.7 Å². The molecule has 1 fully saturated rings. The highest BCUT2D eigenvalue weighted by Gasteiger charge is 2.28. The zero-order chi connectivity index (χ0) is 10.8. The first kappa shape index (κ1) is 10.6. The van der Waals surface area contributed by atoms with Crippen LogP contribution in [0.2, 0.25) is 0 Å². The molecule has 4 nitrogen and oxygen atoms in total. The summed E-state index contributed by atoms with van der Waals surface area (Å²) < 4.78 is 1.93. The highest BCUT2D eigenvalue weighted by Crippen LogP contribution is 2.38. The summed E-state index contributed by atoms with van der Waals surface area (Å²) in [5, 5.41) is 7.86. The molecule has 15 heavy (non-hydrogen) atoms. The van der Waals surface area contributed by atoms with Crippen molar-refractivity contribution in [2.45, 2.75) is 45.1 Å². The summed E-state index contributed by atoms with van der Waals surface area (Å²) in [6.45, 7) is 5.33. The number of hydrogen-bond acceptors (Lipinski definition) is 3. The summed E-state index contributed by atoms with van der Waals surface area (Å²) in [4.78, 5) is 4.61. The molecule has 2 rings (SSSR count). The van der Waals surface area contributed by atoms with Crippen molar-refractivity contribution in [3.8, 4) is 0 Å². The van der Waals surface area contributed by atoms with Crippen LogP contribution < -0.4 is 5.32 Å². The summed E-state index contributed by atoms with van der Waals surface area (Å²) in [5.74, 6) is 2.81. The highest BCUT2D eigenvalue weighted by molar-refractivity contribution is 5.06. The molecule has 0 amide bonds. The second kappa shape index (κ2) is 4.31. The fourth-order valence-corrected chi connectivity index (χ4v) is 1.83. The van der Waals surface area contributed by atoms with Crippen molar-refractivity contribution in [1.29, 1.82) is 0 Å². The van der Waals surface area contributed by atoms with Gasteiger partial charge in [0.15, 0.2) is 5.82 Å². The molecule has 84 valence electrons. The molecule has 1 heterocycles. The molecule has 1 aromatic heterocycles. The van der Waals surface area contributed by atoms with E-state index in [4.69, 9.17) is 0 Å². The van der Waals surface area contributed by atoms with Gasteiger partial charge in [-0.15, -0.1) is 0 Å². The van der Waals surface area contributed by atoms with E-state index in [1.807, 2.05) is 11.7 Å². The van der Waals surface area contributed by atoms with Crippen molar-refractivity contribution >= 4 is 0 Å². The third-order valence-electron chi connectivity index (χ3n) is 2.85. The largest absolute Gasteiger partial charge is 0.314 e. The van der Waals surface area contributed by atoms with Gasteiger partial charge < -0.3 is 5.32 Å². The Bertz CT molecular complexity index is 327. The van der Waals surface area contributed by atoms with Crippen molar-refractivity contribution in [2.24, 2.45) is 7.05 Å². The normalized spacial score (nSPS) is 18.1. The molecule has 1 aliphatic rings. The summed E-state index contributed by atoms with van der Waals surface area (Å²) in [6.07, 6.45) is 3.50. The molecule has 1 saturated carbocycles. The smallest absolute Gasteiger partial charge is 0.154 e. The van der Waals surface area contributed by atoms with Gasteiger partial charge >= 0.3 is 0 Å². The van der Waals surface area contributed by atoms with Gasteiger partial charge in [-0.05, 0) is 26.3 Å². The van der Waals surface area contributed by atoms with Crippen LogP contribution in [-0.4, -0.2) is 27.4 Å². The Morgan fingerprint density at radius 2 is 2.27 bits per heavy atom. The summed E-state index contributed by atoms with van der Waals surface area (Å²) in [6, 6.07) is 0.477. The maximum Gasteiger partial charge on any atom is 0.154 e. The average molecular weight is 208 g/mol. The van der Waals surface area contributed by atoms with Crippen molar-refractivity contribution in [2.75, 3.05) is 6.54 Å². The number of nitrogens with one attached hydrogen (secondary N) is 1. The van der Waals surface area contributed by atoms with Crippen molar-refractivity contribution in [3.63, 3.8) is 0 Å². The fraction of sp³-hybridized carbons (Fsp3) is 0.818. The number of aryl methyl sites for hydroxylation is 1. The Kier molecular flexibility index (Phi) is 3.05. The maximum absolute atomic E-state index is 4.61. The number of likely N-dealkylation sites (N-methyl/N-ethyl adjacent to an activating group) is 1. The van der Waals surface area contributed by atoms with Gasteiger partial charge in [-0.25, -0.2) is 4.98 Å². The number of hydrogen-bond donors (Lipinski definition) is 1. The lowest BCUT2D eigenvalue weighted by Gasteiger charge is -2.10. The Balaban J connectivity index is 2.00. The quantitative estimate of drug-likeness (QED) is 0.791. The van der Waals surface area contributed by atoms with E-state index in [1.54, 1.807) is 0 Å². The predicted molar refractivity (Wildman–Crippen MR) is 59.8 cm³/mol. The minimum absolute atomic E-state index is 0.477. The van der Waals surface area contributed by atoms with Crippen molar-refractivity contribution < 1.29 is 0 Å². The molecule has 4 heteroatoms. The highest BCUT2D eigenvalue weighted by atomic mass is 15.3. The van der Waals surface area contributed by atoms with Gasteiger partial charge in [0, 0.05) is 25.4 Å². The second-order valence-electron chi connectivity index (χ2n) is 4.45. The minimum atomic E-state index is 0.477. The summed E-state index contributed by atoms with van der Waals surface area (Å²) in [5.41, 5.74) is 0. The average Bonchev–Trinajstić information content (AvgIpc) is 2.94. The van der Waals surface area contributed by atoms with Crippen LogP contribution in [0.5, 0.6) is 0 Å². The van der Waals surface area contributed by atoms with Gasteiger partial charge in [-0.2, -0.15) is 5.10 Å². The molecular formula is C11H20N4. The lowest BCUT2D eigenvalue weighted by molar-refractivity contribution is 0.536. The molecule has 0 radical (unpaired) electrons. The molecule has 0 spiro atoms. The molecule has 1 N–H and O–H groups in total. The number of rotatable bonds is 5. The van der Waals surface area contributed by atoms with E-state index in [2.05, 4.69) is 29.2 Å². The Labute approximate surface area is 91.1 Å². The van der Waals surface area contributed by atoms with E-state index in [9.17, 15) is 0 Å². The minimum Gasteiger partial charge on any atom is -0.314 e. The van der Waals surface area contributed by atoms with Gasteiger partial charge in [0.05, 0.1) is 0 Å². The molecule has 1 aromatic rings. The first-order valence-electron chi connectivity index (χ1n) is 5.84. The number of aromatic nitrogens is 3. The van der Waals surface area contributed by atoms with Crippen LogP contribution in [-0.2, 0) is 13.5 Å². The molecule has 0 bridgehead atoms. The zero-order valence-electron chi connectivity index (χ0n) is 9.82. The van der Waals surface area contributed by atoms with E-state index >= 15 is 0 Å². The van der Waals surface area contributed by atoms with Gasteiger partial charge in [0.25, 0.3) is 0 Å². The SMILES string of the molecule is CCNC(C)Cc1nc(C2CC2)nn1C. The molecular weight excluding hydrogens is 188 g/mol. The van der Waals surface area contributed by atoms with Crippen LogP contribution in [0.1, 0.15) is 44.3 Å². The zero-order valence-corrected chi connectivity index (χ0v) is 9.82. The van der Waals surface area contributed by atoms with Crippen LogP contribution >= 0.6 is 0 Å². The van der Waals surface area contributed by atoms with Crippen LogP contribution in [0.15, 0.2) is 0 Å². The van der Waals surface area contributed by atoms with E-state index in [0.29, 0.717) is 12.0 Å². The third-order valence-corrected chi connectivity index (χ3v) is 2.85. The van der Waals surface area contributed by atoms with Crippen molar-refractivity contribution in [1.82, 2.24) is 20.1 Å². The van der Waals surface area contributed by atoms with Gasteiger partial charge in [-0.1, -0.05) is 6.92 Å². The molecule has 1 atom stereocenters. The second-order valence-corrected chi connectivity index (χ2v) is 4.45. The van der Waals surface area contributed by atoms with Crippen molar-refractivity contribution in [3.05, 3.63) is 11.6 Å². The first-order chi connectivity index (χ1) is 7.20. The van der Waals surface area contributed by atoms with E-state index in [1.165, 1.54) is 12.8 Å². The lowest BCUT2D eigenvalue weighted by atomic mass is 10.2. The predicted octanol–water partition coefficient (Wildman–Crippen LogP) is 1.23. The third kappa shape index (κ3) is 2.56. The number of nitrogens with zero attached hydrogens (tertiary/aromatic N) is 3. The molecule has 0 aliphatic heterocycles. The fourth-order valence-electron chi connectivity index (χ4n) is 1.83. The van der Waals surface area contributed by atoms with Crippen LogP contribution in [0, 0.1) is 0 Å². The monoisotopic (exact) mass is 208 g/mol. The Morgan fingerprint density at radius 1 is 1.53 bits per heavy atom.